The van der Waals surface area contributed by atoms with Gasteiger partial charge >= 0.3 is 0 Å². The van der Waals surface area contributed by atoms with Crippen molar-refractivity contribution in [3.8, 4) is 0 Å². The summed E-state index contributed by atoms with van der Waals surface area (Å²) < 4.78 is 1.92. The Bertz CT molecular complexity index is 801. The van der Waals surface area contributed by atoms with E-state index >= 15 is 0 Å². The lowest BCUT2D eigenvalue weighted by atomic mass is 10.2. The summed E-state index contributed by atoms with van der Waals surface area (Å²) in [7, 11) is 0. The average Bonchev–Trinajstić information content (AvgIpc) is 3.02. The molecule has 0 fully saturated rings. The van der Waals surface area contributed by atoms with E-state index in [0.717, 1.165) is 31.0 Å². The molecule has 1 aromatic heterocycles. The third kappa shape index (κ3) is 4.70. The lowest BCUT2D eigenvalue weighted by Gasteiger charge is -2.26. The van der Waals surface area contributed by atoms with Gasteiger partial charge in [0.2, 0.25) is 0 Å². The fraction of sp³-hybridized carbons (Fsp3) is 0.238. The van der Waals surface area contributed by atoms with Crippen molar-refractivity contribution in [2.75, 3.05) is 5.32 Å². The lowest BCUT2D eigenvalue weighted by Crippen LogP contribution is -2.33. The molecule has 1 heterocycles. The molecule has 0 aliphatic carbocycles. The van der Waals surface area contributed by atoms with Gasteiger partial charge in [-0.25, -0.2) is 0 Å². The van der Waals surface area contributed by atoms with E-state index in [1.807, 2.05) is 29.9 Å². The molecule has 1 N–H and O–H groups in total. The van der Waals surface area contributed by atoms with Crippen molar-refractivity contribution < 1.29 is 0 Å². The molecule has 4 nitrogen and oxygen atoms in total. The third-order valence-corrected chi connectivity index (χ3v) is 4.59. The average molecular weight is 365 g/mol. The molecule has 0 saturated carbocycles. The van der Waals surface area contributed by atoms with Gasteiger partial charge in [-0.05, 0) is 37.2 Å². The zero-order chi connectivity index (χ0) is 18.4. The molecule has 0 saturated heterocycles. The molecule has 5 heteroatoms. The Balaban J connectivity index is 1.79. The summed E-state index contributed by atoms with van der Waals surface area (Å²) >= 11 is 5.74. The summed E-state index contributed by atoms with van der Waals surface area (Å²) in [5, 5.41) is 8.57. The van der Waals surface area contributed by atoms with Crippen LogP contribution in [-0.4, -0.2) is 19.8 Å². The van der Waals surface area contributed by atoms with Crippen LogP contribution >= 0.6 is 12.2 Å². The number of rotatable bonds is 6. The van der Waals surface area contributed by atoms with Gasteiger partial charge < -0.3 is 10.2 Å². The largest absolute Gasteiger partial charge is 0.340 e. The van der Waals surface area contributed by atoms with Gasteiger partial charge in [-0.2, -0.15) is 5.10 Å². The molecule has 0 spiro atoms. The Morgan fingerprint density at radius 3 is 2.00 bits per heavy atom. The van der Waals surface area contributed by atoms with Crippen LogP contribution in [0.15, 0.2) is 66.9 Å². The van der Waals surface area contributed by atoms with Crippen LogP contribution in [0.25, 0.3) is 0 Å². The molecule has 0 aliphatic heterocycles. The van der Waals surface area contributed by atoms with Crippen molar-refractivity contribution >= 4 is 23.0 Å². The van der Waals surface area contributed by atoms with Crippen LogP contribution < -0.4 is 5.32 Å². The smallest absolute Gasteiger partial charge is 0.174 e. The van der Waals surface area contributed by atoms with E-state index in [9.17, 15) is 0 Å². The predicted molar refractivity (Wildman–Crippen MR) is 111 cm³/mol. The highest BCUT2D eigenvalue weighted by atomic mass is 32.1. The van der Waals surface area contributed by atoms with Gasteiger partial charge in [0, 0.05) is 25.8 Å². The van der Waals surface area contributed by atoms with Crippen molar-refractivity contribution in [1.82, 2.24) is 14.7 Å². The van der Waals surface area contributed by atoms with Crippen molar-refractivity contribution in [3.63, 3.8) is 0 Å². The predicted octanol–water partition coefficient (Wildman–Crippen LogP) is 4.61. The number of anilines is 1. The second-order valence-corrected chi connectivity index (χ2v) is 6.63. The van der Waals surface area contributed by atoms with E-state index in [1.54, 1.807) is 0 Å². The number of nitrogens with one attached hydrogen (secondary N) is 1. The maximum absolute atomic E-state index is 5.74. The first-order valence-corrected chi connectivity index (χ1v) is 9.24. The summed E-state index contributed by atoms with van der Waals surface area (Å²) in [4.78, 5) is 2.18. The van der Waals surface area contributed by atoms with Crippen LogP contribution in [0.4, 0.5) is 5.69 Å². The number of thiocarbonyl (C=S) groups is 1. The van der Waals surface area contributed by atoms with E-state index < -0.39 is 0 Å². The highest BCUT2D eigenvalue weighted by Crippen LogP contribution is 2.16. The molecule has 26 heavy (non-hydrogen) atoms. The Morgan fingerprint density at radius 1 is 1.00 bits per heavy atom. The van der Waals surface area contributed by atoms with Crippen molar-refractivity contribution in [2.45, 2.75) is 33.5 Å². The molecule has 3 aromatic rings. The zero-order valence-electron chi connectivity index (χ0n) is 15.2. The van der Waals surface area contributed by atoms with E-state index in [2.05, 4.69) is 70.8 Å². The second-order valence-electron chi connectivity index (χ2n) is 6.24. The first kappa shape index (κ1) is 18.1. The highest BCUT2D eigenvalue weighted by Gasteiger charge is 2.14. The highest BCUT2D eigenvalue weighted by molar-refractivity contribution is 7.80. The second kappa shape index (κ2) is 8.63. The standard InChI is InChI=1S/C21H24N4S/c1-3-25-16-20(17(2)23-25)22-21(26)24(14-18-10-6-4-7-11-18)15-19-12-8-5-9-13-19/h4-13,16H,3,14-15H2,1-2H3,(H,22,26). The topological polar surface area (TPSA) is 33.1 Å². The molecule has 134 valence electrons. The van der Waals surface area contributed by atoms with Crippen molar-refractivity contribution in [3.05, 3.63) is 83.7 Å². The zero-order valence-corrected chi connectivity index (χ0v) is 16.0. The summed E-state index contributed by atoms with van der Waals surface area (Å²) in [6.07, 6.45) is 2.00. The molecule has 0 bridgehead atoms. The molecule has 0 radical (unpaired) electrons. The molecule has 3 rings (SSSR count). The minimum Gasteiger partial charge on any atom is -0.340 e. The Morgan fingerprint density at radius 2 is 1.54 bits per heavy atom. The number of hydrogen-bond acceptors (Lipinski definition) is 2. The molecule has 0 aliphatic rings. The molecule has 0 unspecified atom stereocenters. The summed E-state index contributed by atoms with van der Waals surface area (Å²) in [5.74, 6) is 0. The Labute approximate surface area is 160 Å². The molecule has 0 atom stereocenters. The Kier molecular flexibility index (Phi) is 6.02. The number of nitrogens with zero attached hydrogens (tertiary/aromatic N) is 3. The SMILES string of the molecule is CCn1cc(NC(=S)N(Cc2ccccc2)Cc2ccccc2)c(C)n1. The van der Waals surface area contributed by atoms with Crippen LogP contribution in [0, 0.1) is 6.92 Å². The first-order valence-electron chi connectivity index (χ1n) is 8.83. The summed E-state index contributed by atoms with van der Waals surface area (Å²) in [5.41, 5.74) is 4.37. The number of aryl methyl sites for hydroxylation is 2. The van der Waals surface area contributed by atoms with Gasteiger partial charge in [0.15, 0.2) is 5.11 Å². The number of aromatic nitrogens is 2. The van der Waals surface area contributed by atoms with Crippen molar-refractivity contribution in [2.24, 2.45) is 0 Å². The quantitative estimate of drug-likeness (QED) is 0.648. The van der Waals surface area contributed by atoms with Gasteiger partial charge in [-0.15, -0.1) is 0 Å². The molecular formula is C21H24N4S. The first-order chi connectivity index (χ1) is 12.7. The Hall–Kier alpha value is -2.66. The van der Waals surface area contributed by atoms with Crippen LogP contribution in [0.5, 0.6) is 0 Å². The van der Waals surface area contributed by atoms with E-state index in [1.165, 1.54) is 11.1 Å². The third-order valence-electron chi connectivity index (χ3n) is 4.23. The number of hydrogen-bond donors (Lipinski definition) is 1. The van der Waals surface area contributed by atoms with Crippen LogP contribution in [0.1, 0.15) is 23.7 Å². The lowest BCUT2D eigenvalue weighted by molar-refractivity contribution is 0.413. The summed E-state index contributed by atoms with van der Waals surface area (Å²) in [6, 6.07) is 20.8. The minimum absolute atomic E-state index is 0.705. The van der Waals surface area contributed by atoms with Gasteiger partial charge in [0.1, 0.15) is 0 Å². The number of benzene rings is 2. The van der Waals surface area contributed by atoms with E-state index in [4.69, 9.17) is 12.2 Å². The van der Waals surface area contributed by atoms with Gasteiger partial charge in [-0.1, -0.05) is 60.7 Å². The summed E-state index contributed by atoms with van der Waals surface area (Å²) in [6.45, 7) is 6.42. The maximum atomic E-state index is 5.74. The van der Waals surface area contributed by atoms with Gasteiger partial charge in [0.25, 0.3) is 0 Å². The van der Waals surface area contributed by atoms with Crippen molar-refractivity contribution in [1.29, 1.82) is 0 Å². The fourth-order valence-electron chi connectivity index (χ4n) is 2.80. The normalized spacial score (nSPS) is 10.5. The van der Waals surface area contributed by atoms with E-state index in [-0.39, 0.29) is 0 Å². The van der Waals surface area contributed by atoms with Crippen LogP contribution in [0.2, 0.25) is 0 Å². The van der Waals surface area contributed by atoms with Gasteiger partial charge in [-0.3, -0.25) is 4.68 Å². The maximum Gasteiger partial charge on any atom is 0.174 e. The molecule has 0 amide bonds. The van der Waals surface area contributed by atoms with Gasteiger partial charge in [0.05, 0.1) is 11.4 Å². The minimum atomic E-state index is 0.705. The van der Waals surface area contributed by atoms with Crippen LogP contribution in [-0.2, 0) is 19.6 Å². The van der Waals surface area contributed by atoms with Crippen LogP contribution in [0.3, 0.4) is 0 Å². The molecule has 2 aromatic carbocycles. The monoisotopic (exact) mass is 364 g/mol. The fourth-order valence-corrected chi connectivity index (χ4v) is 3.04. The van der Waals surface area contributed by atoms with E-state index in [0.29, 0.717) is 5.11 Å². The molecular weight excluding hydrogens is 340 g/mol.